The van der Waals surface area contributed by atoms with Gasteiger partial charge in [-0.2, -0.15) is 11.3 Å². The third-order valence-corrected chi connectivity index (χ3v) is 5.32. The van der Waals surface area contributed by atoms with E-state index in [1.54, 1.807) is 0 Å². The van der Waals surface area contributed by atoms with E-state index < -0.39 is 5.63 Å². The Morgan fingerprint density at radius 1 is 1.11 bits per heavy atom. The summed E-state index contributed by atoms with van der Waals surface area (Å²) in [6.07, 6.45) is 0. The molecule has 0 saturated heterocycles. The van der Waals surface area contributed by atoms with Crippen LogP contribution in [0.2, 0.25) is 0 Å². The molecule has 0 fully saturated rings. The average Bonchev–Trinajstić information content (AvgIpc) is 3.06. The molecule has 2 heterocycles. The second-order valence-electron chi connectivity index (χ2n) is 5.73. The van der Waals surface area contributed by atoms with Crippen LogP contribution in [0, 0.1) is 20.9 Å². The van der Waals surface area contributed by atoms with Crippen molar-refractivity contribution in [3.8, 4) is 10.6 Å². The molecule has 0 aliphatic rings. The number of hydrogen-bond acceptors (Lipinski definition) is 5. The molecule has 0 bridgehead atoms. The molecule has 4 nitrogen and oxygen atoms in total. The number of aromatic nitrogens is 1. The Morgan fingerprint density at radius 3 is 2.50 bits per heavy atom. The largest absolute Gasteiger partial charge is 3.00 e. The van der Waals surface area contributed by atoms with Gasteiger partial charge in [0.2, 0.25) is 0 Å². The molecule has 6 heteroatoms. The Labute approximate surface area is 183 Å². The topological polar surface area (TPSA) is 46.3 Å². The van der Waals surface area contributed by atoms with Crippen molar-refractivity contribution >= 4 is 38.2 Å². The zero-order valence-corrected chi connectivity index (χ0v) is 19.6. The van der Waals surface area contributed by atoms with E-state index in [1.165, 1.54) is 11.3 Å². The maximum absolute atomic E-state index is 12.5. The van der Waals surface area contributed by atoms with Crippen LogP contribution in [0.3, 0.4) is 0 Å². The van der Waals surface area contributed by atoms with Crippen LogP contribution in [-0.4, -0.2) is 18.1 Å². The third kappa shape index (κ3) is 4.35. The predicted octanol–water partition coefficient (Wildman–Crippen LogP) is 5.61. The molecule has 0 saturated carbocycles. The fourth-order valence-electron chi connectivity index (χ4n) is 2.94. The van der Waals surface area contributed by atoms with Gasteiger partial charge in [0.05, 0.1) is 16.1 Å². The van der Waals surface area contributed by atoms with Gasteiger partial charge >= 0.3 is 20.1 Å². The van der Waals surface area contributed by atoms with Crippen LogP contribution < -0.4 is 10.5 Å². The standard InChI is InChI=1S/C20H17N2O2S.2CH3.Ir/c1-3-22(4-2)14-10-9-13-11-15(20(23)24-17(13)12-14)19-21-16-7-5-6-8-18(16)25-19;;;/h5-10,12H,3-4H2,1-2H3;2*1H3;/q3*-1;+3. The molecule has 28 heavy (non-hydrogen) atoms. The molecule has 2 aromatic heterocycles. The summed E-state index contributed by atoms with van der Waals surface area (Å²) in [5.41, 5.74) is 2.47. The summed E-state index contributed by atoms with van der Waals surface area (Å²) in [7, 11) is 0. The molecule has 2 aromatic carbocycles. The fourth-order valence-corrected chi connectivity index (χ4v) is 3.89. The maximum Gasteiger partial charge on any atom is 3.00 e. The number of anilines is 1. The molecule has 0 atom stereocenters. The maximum atomic E-state index is 12.5. The number of nitrogens with zero attached hydrogens (tertiary/aromatic N) is 2. The second kappa shape index (κ2) is 9.96. The van der Waals surface area contributed by atoms with Gasteiger partial charge in [0, 0.05) is 23.5 Å². The van der Waals surface area contributed by atoms with Crippen LogP contribution in [0.25, 0.3) is 31.8 Å². The second-order valence-corrected chi connectivity index (χ2v) is 6.76. The van der Waals surface area contributed by atoms with E-state index in [1.807, 2.05) is 42.5 Å². The van der Waals surface area contributed by atoms with Crippen molar-refractivity contribution in [3.63, 3.8) is 0 Å². The summed E-state index contributed by atoms with van der Waals surface area (Å²) in [6.45, 7) is 6.01. The third-order valence-electron chi connectivity index (χ3n) is 4.27. The molecule has 0 N–H and O–H groups in total. The number of benzene rings is 2. The number of para-hydroxylation sites is 1. The van der Waals surface area contributed by atoms with Crippen molar-refractivity contribution in [3.05, 3.63) is 73.8 Å². The van der Waals surface area contributed by atoms with Crippen LogP contribution in [0.5, 0.6) is 0 Å². The minimum atomic E-state index is -0.400. The van der Waals surface area contributed by atoms with E-state index in [9.17, 15) is 4.79 Å². The Kier molecular flexibility index (Phi) is 8.55. The van der Waals surface area contributed by atoms with Crippen LogP contribution >= 0.6 is 11.3 Å². The van der Waals surface area contributed by atoms with E-state index in [-0.39, 0.29) is 35.0 Å². The van der Waals surface area contributed by atoms with Crippen molar-refractivity contribution in [2.24, 2.45) is 0 Å². The van der Waals surface area contributed by atoms with Crippen LogP contribution in [-0.2, 0) is 20.1 Å². The number of rotatable bonds is 4. The Morgan fingerprint density at radius 2 is 1.82 bits per heavy atom. The van der Waals surface area contributed by atoms with Crippen LogP contribution in [0.15, 0.2) is 51.7 Å². The molecular formula is C22H23IrN2O2S. The Bertz CT molecular complexity index is 1080. The summed E-state index contributed by atoms with van der Waals surface area (Å²) in [6, 6.07) is 16.9. The fraction of sp³-hybridized carbons (Fsp3) is 0.182. The average molecular weight is 572 g/mol. The summed E-state index contributed by atoms with van der Waals surface area (Å²) < 4.78 is 6.62. The van der Waals surface area contributed by atoms with E-state index >= 15 is 0 Å². The van der Waals surface area contributed by atoms with Crippen molar-refractivity contribution in [2.75, 3.05) is 18.0 Å². The van der Waals surface area contributed by atoms with Gasteiger partial charge in [0.25, 0.3) is 5.63 Å². The van der Waals surface area contributed by atoms with Gasteiger partial charge in [0.15, 0.2) is 0 Å². The molecule has 0 radical (unpaired) electrons. The smallest absolute Gasteiger partial charge is 0.496 e. The molecule has 0 aliphatic heterocycles. The molecule has 148 valence electrons. The van der Waals surface area contributed by atoms with E-state index in [2.05, 4.69) is 29.8 Å². The number of fused-ring (bicyclic) bond motifs is 2. The Hall–Kier alpha value is -2.01. The van der Waals surface area contributed by atoms with Gasteiger partial charge in [-0.3, -0.25) is 9.78 Å². The van der Waals surface area contributed by atoms with Gasteiger partial charge < -0.3 is 24.2 Å². The molecule has 0 amide bonds. The normalized spacial score (nSPS) is 10.1. The minimum Gasteiger partial charge on any atom is -0.496 e. The molecule has 0 unspecified atom stereocenters. The molecule has 4 aromatic rings. The first kappa shape index (κ1) is 24.0. The van der Waals surface area contributed by atoms with Gasteiger partial charge in [-0.15, -0.1) is 12.1 Å². The number of hydrogen-bond donors (Lipinski definition) is 0. The zero-order valence-electron chi connectivity index (χ0n) is 16.4. The predicted molar refractivity (Wildman–Crippen MR) is 116 cm³/mol. The zero-order chi connectivity index (χ0) is 17.4. The minimum absolute atomic E-state index is 0. The summed E-state index contributed by atoms with van der Waals surface area (Å²) in [5.74, 6) is 0. The SMILES string of the molecule is CCN(CC)c1ccc2[c-]c(-c3nc4ccccc4s3)c(=O)oc2c1.[CH3-].[CH3-].[Ir+3]. The van der Waals surface area contributed by atoms with E-state index in [0.717, 1.165) is 34.4 Å². The molecule has 0 spiro atoms. The quantitative estimate of drug-likeness (QED) is 0.236. The van der Waals surface area contributed by atoms with Crippen LogP contribution in [0.4, 0.5) is 5.69 Å². The summed E-state index contributed by atoms with van der Waals surface area (Å²) in [5, 5.41) is 1.43. The van der Waals surface area contributed by atoms with Gasteiger partial charge in [-0.25, -0.2) is 0 Å². The molecule has 4 rings (SSSR count). The van der Waals surface area contributed by atoms with Crippen molar-refractivity contribution in [1.82, 2.24) is 4.98 Å². The number of thiazole rings is 1. The Balaban J connectivity index is 0.00000131. The van der Waals surface area contributed by atoms with E-state index in [0.29, 0.717) is 16.2 Å². The van der Waals surface area contributed by atoms with Gasteiger partial charge in [-0.05, 0) is 37.6 Å². The van der Waals surface area contributed by atoms with Crippen molar-refractivity contribution in [1.29, 1.82) is 0 Å². The monoisotopic (exact) mass is 572 g/mol. The van der Waals surface area contributed by atoms with Crippen molar-refractivity contribution < 1.29 is 24.5 Å². The van der Waals surface area contributed by atoms with Crippen molar-refractivity contribution in [2.45, 2.75) is 13.8 Å². The van der Waals surface area contributed by atoms with E-state index in [4.69, 9.17) is 4.42 Å². The first-order chi connectivity index (χ1) is 12.2. The summed E-state index contributed by atoms with van der Waals surface area (Å²) >= 11 is 1.48. The van der Waals surface area contributed by atoms with Gasteiger partial charge in [-0.1, -0.05) is 23.6 Å². The first-order valence-corrected chi connectivity index (χ1v) is 9.12. The molecule has 0 aliphatic carbocycles. The molecular weight excluding hydrogens is 549 g/mol. The first-order valence-electron chi connectivity index (χ1n) is 8.30. The summed E-state index contributed by atoms with van der Waals surface area (Å²) in [4.78, 5) is 19.2. The van der Waals surface area contributed by atoms with Crippen LogP contribution in [0.1, 0.15) is 13.8 Å². The van der Waals surface area contributed by atoms with Gasteiger partial charge in [0.1, 0.15) is 0 Å².